The predicted molar refractivity (Wildman–Crippen MR) is 48.7 cm³/mol. The summed E-state index contributed by atoms with van der Waals surface area (Å²) in [7, 11) is 0. The molecule has 0 spiro atoms. The summed E-state index contributed by atoms with van der Waals surface area (Å²) in [5.41, 5.74) is -1.01. The summed E-state index contributed by atoms with van der Waals surface area (Å²) in [5.74, 6) is -1.12. The molecule has 0 atom stereocenters. The Morgan fingerprint density at radius 1 is 1.25 bits per heavy atom. The summed E-state index contributed by atoms with van der Waals surface area (Å²) in [4.78, 5) is 0. The van der Waals surface area contributed by atoms with Gasteiger partial charge in [-0.15, -0.1) is 0 Å². The third kappa shape index (κ3) is 2.27. The van der Waals surface area contributed by atoms with Gasteiger partial charge in [-0.2, -0.15) is 13.2 Å². The van der Waals surface area contributed by atoms with Gasteiger partial charge in [0, 0.05) is 13.1 Å². The summed E-state index contributed by atoms with van der Waals surface area (Å²) < 4.78 is 55.1. The minimum absolute atomic E-state index is 0.139. The van der Waals surface area contributed by atoms with Crippen LogP contribution in [0.5, 0.6) is 5.75 Å². The van der Waals surface area contributed by atoms with Crippen molar-refractivity contribution in [2.45, 2.75) is 12.3 Å². The van der Waals surface area contributed by atoms with Crippen molar-refractivity contribution in [3.8, 4) is 5.75 Å². The normalized spacial score (nSPS) is 17.0. The maximum atomic E-state index is 13.3. The van der Waals surface area contributed by atoms with Gasteiger partial charge in [0.05, 0.1) is 5.56 Å². The second kappa shape index (κ2) is 3.93. The first kappa shape index (κ1) is 11.2. The Balaban J connectivity index is 2.15. The molecule has 6 heteroatoms. The molecule has 1 saturated heterocycles. The van der Waals surface area contributed by atoms with E-state index in [0.717, 1.165) is 12.1 Å². The number of benzene rings is 1. The number of nitrogens with one attached hydrogen (secondary N) is 1. The number of halogens is 4. The van der Waals surface area contributed by atoms with E-state index in [-0.39, 0.29) is 11.9 Å². The van der Waals surface area contributed by atoms with Crippen molar-refractivity contribution in [2.24, 2.45) is 0 Å². The van der Waals surface area contributed by atoms with Gasteiger partial charge in [-0.05, 0) is 18.2 Å². The van der Waals surface area contributed by atoms with E-state index < -0.39 is 17.6 Å². The second-order valence-electron chi connectivity index (χ2n) is 3.54. The van der Waals surface area contributed by atoms with Gasteiger partial charge >= 0.3 is 6.18 Å². The Morgan fingerprint density at radius 2 is 1.94 bits per heavy atom. The van der Waals surface area contributed by atoms with Crippen molar-refractivity contribution in [3.63, 3.8) is 0 Å². The molecule has 1 aromatic rings. The molecule has 1 fully saturated rings. The third-order valence-electron chi connectivity index (χ3n) is 2.30. The number of hydrogen-bond acceptors (Lipinski definition) is 2. The molecule has 1 aliphatic rings. The minimum atomic E-state index is -4.53. The number of hydrogen-bond donors (Lipinski definition) is 1. The van der Waals surface area contributed by atoms with Crippen LogP contribution in [-0.2, 0) is 6.18 Å². The van der Waals surface area contributed by atoms with E-state index in [9.17, 15) is 17.6 Å². The average Bonchev–Trinajstić information content (AvgIpc) is 2.11. The van der Waals surface area contributed by atoms with Gasteiger partial charge in [-0.25, -0.2) is 4.39 Å². The molecule has 0 amide bonds. The van der Waals surface area contributed by atoms with Crippen LogP contribution < -0.4 is 10.1 Å². The molecule has 16 heavy (non-hydrogen) atoms. The molecule has 0 saturated carbocycles. The highest BCUT2D eigenvalue weighted by Crippen LogP contribution is 2.32. The summed E-state index contributed by atoms with van der Waals surface area (Å²) in [5, 5.41) is 2.91. The van der Waals surface area contributed by atoms with E-state index in [1.165, 1.54) is 0 Å². The molecule has 0 aromatic heterocycles. The van der Waals surface area contributed by atoms with E-state index in [4.69, 9.17) is 4.74 Å². The molecule has 2 nitrogen and oxygen atoms in total. The number of alkyl halides is 3. The van der Waals surface area contributed by atoms with E-state index in [1.54, 1.807) is 0 Å². The van der Waals surface area contributed by atoms with Gasteiger partial charge in [0.1, 0.15) is 6.10 Å². The third-order valence-corrected chi connectivity index (χ3v) is 2.30. The van der Waals surface area contributed by atoms with E-state index in [2.05, 4.69) is 5.32 Å². The Kier molecular flexibility index (Phi) is 2.75. The fraction of sp³-hybridized carbons (Fsp3) is 0.400. The van der Waals surface area contributed by atoms with Crippen LogP contribution in [0.25, 0.3) is 0 Å². The zero-order valence-electron chi connectivity index (χ0n) is 8.14. The first-order valence-corrected chi connectivity index (χ1v) is 4.71. The van der Waals surface area contributed by atoms with Gasteiger partial charge in [0.15, 0.2) is 11.6 Å². The lowest BCUT2D eigenvalue weighted by atomic mass is 10.2. The topological polar surface area (TPSA) is 21.3 Å². The first-order valence-electron chi connectivity index (χ1n) is 4.71. The molecular formula is C10H9F4NO. The van der Waals surface area contributed by atoms with Gasteiger partial charge < -0.3 is 10.1 Å². The highest BCUT2D eigenvalue weighted by Gasteiger charge is 2.31. The van der Waals surface area contributed by atoms with Crippen LogP contribution in [0.2, 0.25) is 0 Å². The van der Waals surface area contributed by atoms with Gasteiger partial charge in [-0.3, -0.25) is 0 Å². The predicted octanol–water partition coefficient (Wildman–Crippen LogP) is 2.20. The quantitative estimate of drug-likeness (QED) is 0.793. The van der Waals surface area contributed by atoms with Crippen molar-refractivity contribution in [2.75, 3.05) is 13.1 Å². The summed E-state index contributed by atoms with van der Waals surface area (Å²) in [6, 6.07) is 2.27. The molecular weight excluding hydrogens is 226 g/mol. The Hall–Kier alpha value is -1.30. The van der Waals surface area contributed by atoms with Crippen molar-refractivity contribution < 1.29 is 22.3 Å². The summed E-state index contributed by atoms with van der Waals surface area (Å²) >= 11 is 0. The smallest absolute Gasteiger partial charge is 0.416 e. The van der Waals surface area contributed by atoms with Crippen molar-refractivity contribution in [3.05, 3.63) is 29.6 Å². The fourth-order valence-electron chi connectivity index (χ4n) is 1.30. The molecule has 0 aliphatic carbocycles. The molecule has 0 bridgehead atoms. The second-order valence-corrected chi connectivity index (χ2v) is 3.54. The van der Waals surface area contributed by atoms with Crippen molar-refractivity contribution in [1.29, 1.82) is 0 Å². The minimum Gasteiger partial charge on any atom is -0.485 e. The lowest BCUT2D eigenvalue weighted by Crippen LogP contribution is -2.50. The number of rotatable bonds is 2. The van der Waals surface area contributed by atoms with Gasteiger partial charge in [0.25, 0.3) is 0 Å². The van der Waals surface area contributed by atoms with Crippen LogP contribution >= 0.6 is 0 Å². The number of ether oxygens (including phenoxy) is 1. The average molecular weight is 235 g/mol. The SMILES string of the molecule is Fc1cc(C(F)(F)F)ccc1OC1CNC1. The van der Waals surface area contributed by atoms with Crippen LogP contribution in [0.15, 0.2) is 18.2 Å². The van der Waals surface area contributed by atoms with E-state index >= 15 is 0 Å². The van der Waals surface area contributed by atoms with E-state index in [1.807, 2.05) is 0 Å². The zero-order valence-corrected chi connectivity index (χ0v) is 8.14. The highest BCUT2D eigenvalue weighted by atomic mass is 19.4. The van der Waals surface area contributed by atoms with E-state index in [0.29, 0.717) is 19.2 Å². The first-order chi connectivity index (χ1) is 7.47. The summed E-state index contributed by atoms with van der Waals surface area (Å²) in [6.45, 7) is 1.17. The Morgan fingerprint density at radius 3 is 2.38 bits per heavy atom. The standard InChI is InChI=1S/C10H9F4NO/c11-8-3-6(10(12,13)14)1-2-9(8)16-7-4-15-5-7/h1-3,7,15H,4-5H2. The van der Waals surface area contributed by atoms with Crippen LogP contribution in [0.4, 0.5) is 17.6 Å². The van der Waals surface area contributed by atoms with Crippen LogP contribution in [0.1, 0.15) is 5.56 Å². The maximum absolute atomic E-state index is 13.3. The molecule has 1 N–H and O–H groups in total. The Labute approximate surface area is 89.2 Å². The maximum Gasteiger partial charge on any atom is 0.416 e. The fourth-order valence-corrected chi connectivity index (χ4v) is 1.30. The molecule has 2 rings (SSSR count). The lowest BCUT2D eigenvalue weighted by molar-refractivity contribution is -0.137. The van der Waals surface area contributed by atoms with Crippen molar-refractivity contribution in [1.82, 2.24) is 5.32 Å². The van der Waals surface area contributed by atoms with Crippen LogP contribution in [-0.4, -0.2) is 19.2 Å². The van der Waals surface area contributed by atoms with Gasteiger partial charge in [0.2, 0.25) is 0 Å². The van der Waals surface area contributed by atoms with Crippen LogP contribution in [0, 0.1) is 5.82 Å². The van der Waals surface area contributed by atoms with Crippen LogP contribution in [0.3, 0.4) is 0 Å². The molecule has 1 heterocycles. The van der Waals surface area contributed by atoms with Crippen molar-refractivity contribution >= 4 is 0 Å². The zero-order chi connectivity index (χ0) is 11.8. The van der Waals surface area contributed by atoms with Gasteiger partial charge in [-0.1, -0.05) is 0 Å². The molecule has 1 aliphatic heterocycles. The monoisotopic (exact) mass is 235 g/mol. The molecule has 1 aromatic carbocycles. The molecule has 0 unspecified atom stereocenters. The Bertz CT molecular complexity index is 387. The highest BCUT2D eigenvalue weighted by molar-refractivity contribution is 5.31. The lowest BCUT2D eigenvalue weighted by Gasteiger charge is -2.28. The molecule has 88 valence electrons. The summed E-state index contributed by atoms with van der Waals surface area (Å²) in [6.07, 6.45) is -4.69. The largest absolute Gasteiger partial charge is 0.485 e. The molecule has 0 radical (unpaired) electrons.